The van der Waals surface area contributed by atoms with E-state index in [4.69, 9.17) is 5.11 Å². The lowest BCUT2D eigenvalue weighted by molar-refractivity contribution is -0.141. The maximum Gasteiger partial charge on any atom is 0.326 e. The molecule has 0 radical (unpaired) electrons. The van der Waals surface area contributed by atoms with Crippen molar-refractivity contribution in [3.8, 4) is 0 Å². The summed E-state index contributed by atoms with van der Waals surface area (Å²) >= 11 is 0. The molecule has 0 fully saturated rings. The van der Waals surface area contributed by atoms with Gasteiger partial charge in [-0.05, 0) is 30.5 Å². The van der Waals surface area contributed by atoms with Crippen molar-refractivity contribution in [2.45, 2.75) is 39.2 Å². The molecule has 1 aromatic carbocycles. The van der Waals surface area contributed by atoms with Crippen LogP contribution in [0.2, 0.25) is 0 Å². The molecular weight excluding hydrogens is 254 g/mol. The Hall–Kier alpha value is -2.10. The van der Waals surface area contributed by atoms with Crippen LogP contribution in [-0.4, -0.2) is 23.0 Å². The van der Waals surface area contributed by atoms with Crippen LogP contribution in [0, 0.1) is 6.92 Å². The zero-order chi connectivity index (χ0) is 15.0. The van der Waals surface area contributed by atoms with Crippen LogP contribution in [0.3, 0.4) is 0 Å². The minimum absolute atomic E-state index is 0.378. The number of aryl methyl sites for hydroxylation is 1. The average Bonchev–Trinajstić information content (AvgIpc) is 2.42. The van der Waals surface area contributed by atoms with Gasteiger partial charge in [0.05, 0.1) is 0 Å². The van der Waals surface area contributed by atoms with Crippen LogP contribution in [0.25, 0.3) is 6.08 Å². The third-order valence-electron chi connectivity index (χ3n) is 3.06. The largest absolute Gasteiger partial charge is 0.480 e. The molecule has 0 saturated heterocycles. The van der Waals surface area contributed by atoms with Crippen molar-refractivity contribution in [1.29, 1.82) is 0 Å². The molecule has 0 spiro atoms. The highest BCUT2D eigenvalue weighted by Gasteiger charge is 2.17. The summed E-state index contributed by atoms with van der Waals surface area (Å²) in [6.07, 6.45) is 5.21. The van der Waals surface area contributed by atoms with Crippen LogP contribution in [0.5, 0.6) is 0 Å². The van der Waals surface area contributed by atoms with E-state index in [0.29, 0.717) is 6.42 Å². The second-order valence-electron chi connectivity index (χ2n) is 4.73. The van der Waals surface area contributed by atoms with Crippen LogP contribution < -0.4 is 5.32 Å². The van der Waals surface area contributed by atoms with E-state index in [-0.39, 0.29) is 5.91 Å². The molecule has 0 heterocycles. The number of aliphatic carboxylic acids is 1. The van der Waals surface area contributed by atoms with Crippen LogP contribution >= 0.6 is 0 Å². The minimum atomic E-state index is -0.990. The molecule has 0 bridgehead atoms. The van der Waals surface area contributed by atoms with E-state index in [9.17, 15) is 9.59 Å². The maximum atomic E-state index is 11.7. The van der Waals surface area contributed by atoms with Crippen LogP contribution in [-0.2, 0) is 9.59 Å². The Labute approximate surface area is 119 Å². The standard InChI is InChI=1S/C16H21NO3/c1-3-4-9-14(16(19)20)17-15(18)11-10-13-8-6-5-7-12(13)2/h5-8,10-11,14H,3-4,9H2,1-2H3,(H,17,18)(H,19,20)/b11-10+. The zero-order valence-electron chi connectivity index (χ0n) is 11.9. The minimum Gasteiger partial charge on any atom is -0.480 e. The summed E-state index contributed by atoms with van der Waals surface area (Å²) in [6, 6.07) is 6.87. The first kappa shape index (κ1) is 16.0. The van der Waals surface area contributed by atoms with Crippen molar-refractivity contribution in [3.63, 3.8) is 0 Å². The zero-order valence-corrected chi connectivity index (χ0v) is 11.9. The first-order valence-electron chi connectivity index (χ1n) is 6.81. The summed E-state index contributed by atoms with van der Waals surface area (Å²) in [4.78, 5) is 22.8. The molecule has 1 amide bonds. The Bertz CT molecular complexity index is 494. The number of unbranched alkanes of at least 4 members (excludes halogenated alkanes) is 1. The molecule has 0 aliphatic carbocycles. The summed E-state index contributed by atoms with van der Waals surface area (Å²) < 4.78 is 0. The number of carboxylic acid groups (broad SMARTS) is 1. The van der Waals surface area contributed by atoms with Gasteiger partial charge in [-0.2, -0.15) is 0 Å². The lowest BCUT2D eigenvalue weighted by Crippen LogP contribution is -2.39. The van der Waals surface area contributed by atoms with E-state index < -0.39 is 12.0 Å². The van der Waals surface area contributed by atoms with Gasteiger partial charge in [-0.15, -0.1) is 0 Å². The molecule has 4 nitrogen and oxygen atoms in total. The molecule has 0 aromatic heterocycles. The van der Waals surface area contributed by atoms with Gasteiger partial charge < -0.3 is 10.4 Å². The predicted octanol–water partition coefficient (Wildman–Crippen LogP) is 2.77. The lowest BCUT2D eigenvalue weighted by atomic mass is 10.1. The number of carbonyl (C=O) groups is 2. The summed E-state index contributed by atoms with van der Waals surface area (Å²) in [6.45, 7) is 3.94. The van der Waals surface area contributed by atoms with E-state index in [2.05, 4.69) is 5.32 Å². The Balaban J connectivity index is 2.61. The smallest absolute Gasteiger partial charge is 0.326 e. The highest BCUT2D eigenvalue weighted by atomic mass is 16.4. The van der Waals surface area contributed by atoms with Crippen molar-refractivity contribution < 1.29 is 14.7 Å². The van der Waals surface area contributed by atoms with Gasteiger partial charge in [0.2, 0.25) is 5.91 Å². The van der Waals surface area contributed by atoms with Gasteiger partial charge in [0.1, 0.15) is 6.04 Å². The molecule has 108 valence electrons. The number of nitrogens with one attached hydrogen (secondary N) is 1. The van der Waals surface area contributed by atoms with Gasteiger partial charge in [0.25, 0.3) is 0 Å². The van der Waals surface area contributed by atoms with Crippen molar-refractivity contribution in [2.24, 2.45) is 0 Å². The predicted molar refractivity (Wildman–Crippen MR) is 79.3 cm³/mol. The summed E-state index contributed by atoms with van der Waals surface area (Å²) in [7, 11) is 0. The maximum absolute atomic E-state index is 11.7. The number of carbonyl (C=O) groups excluding carboxylic acids is 1. The molecule has 1 rings (SSSR count). The van der Waals surface area contributed by atoms with E-state index >= 15 is 0 Å². The van der Waals surface area contributed by atoms with Crippen molar-refractivity contribution >= 4 is 18.0 Å². The number of hydrogen-bond acceptors (Lipinski definition) is 2. The Morgan fingerprint density at radius 1 is 1.35 bits per heavy atom. The van der Waals surface area contributed by atoms with E-state index in [1.807, 2.05) is 38.1 Å². The summed E-state index contributed by atoms with van der Waals surface area (Å²) in [5.74, 6) is -1.37. The molecule has 0 saturated carbocycles. The average molecular weight is 275 g/mol. The van der Waals surface area contributed by atoms with Gasteiger partial charge in [0, 0.05) is 6.08 Å². The second-order valence-corrected chi connectivity index (χ2v) is 4.73. The molecule has 1 atom stereocenters. The summed E-state index contributed by atoms with van der Waals surface area (Å²) in [5, 5.41) is 11.6. The Morgan fingerprint density at radius 2 is 2.05 bits per heavy atom. The van der Waals surface area contributed by atoms with Crippen LogP contribution in [0.4, 0.5) is 0 Å². The fraction of sp³-hybridized carbons (Fsp3) is 0.375. The number of hydrogen-bond donors (Lipinski definition) is 2. The number of benzene rings is 1. The van der Waals surface area contributed by atoms with Crippen molar-refractivity contribution in [3.05, 3.63) is 41.5 Å². The normalized spacial score (nSPS) is 12.3. The van der Waals surface area contributed by atoms with Gasteiger partial charge >= 0.3 is 5.97 Å². The third kappa shape index (κ3) is 5.26. The molecular formula is C16H21NO3. The first-order chi connectivity index (χ1) is 9.54. The summed E-state index contributed by atoms with van der Waals surface area (Å²) in [5.41, 5.74) is 2.01. The number of carboxylic acids is 1. The van der Waals surface area contributed by atoms with Gasteiger partial charge in [-0.3, -0.25) is 4.79 Å². The van der Waals surface area contributed by atoms with Crippen LogP contribution in [0.15, 0.2) is 30.3 Å². The lowest BCUT2D eigenvalue weighted by Gasteiger charge is -2.12. The van der Waals surface area contributed by atoms with Crippen molar-refractivity contribution in [2.75, 3.05) is 0 Å². The SMILES string of the molecule is CCCCC(NC(=O)/C=C/c1ccccc1C)C(=O)O. The number of rotatable bonds is 7. The van der Waals surface area contributed by atoms with E-state index in [1.165, 1.54) is 6.08 Å². The monoisotopic (exact) mass is 275 g/mol. The molecule has 20 heavy (non-hydrogen) atoms. The van der Waals surface area contributed by atoms with Gasteiger partial charge in [-0.1, -0.05) is 44.0 Å². The molecule has 1 aromatic rings. The fourth-order valence-corrected chi connectivity index (χ4v) is 1.82. The fourth-order valence-electron chi connectivity index (χ4n) is 1.82. The molecule has 0 aliphatic heterocycles. The highest BCUT2D eigenvalue weighted by Crippen LogP contribution is 2.08. The van der Waals surface area contributed by atoms with E-state index in [0.717, 1.165) is 24.0 Å². The first-order valence-corrected chi connectivity index (χ1v) is 6.81. The second kappa shape index (κ2) is 8.15. The molecule has 2 N–H and O–H groups in total. The number of amides is 1. The Morgan fingerprint density at radius 3 is 2.65 bits per heavy atom. The molecule has 0 aliphatic rings. The highest BCUT2D eigenvalue weighted by molar-refractivity contribution is 5.94. The quantitative estimate of drug-likeness (QED) is 0.752. The van der Waals surface area contributed by atoms with Crippen LogP contribution in [0.1, 0.15) is 37.3 Å². The van der Waals surface area contributed by atoms with Gasteiger partial charge in [0.15, 0.2) is 0 Å². The van der Waals surface area contributed by atoms with Gasteiger partial charge in [-0.25, -0.2) is 4.79 Å². The third-order valence-corrected chi connectivity index (χ3v) is 3.06. The molecule has 4 heteroatoms. The topological polar surface area (TPSA) is 66.4 Å². The Kier molecular flexibility index (Phi) is 6.50. The molecule has 1 unspecified atom stereocenters. The van der Waals surface area contributed by atoms with Crippen molar-refractivity contribution in [1.82, 2.24) is 5.32 Å². The van der Waals surface area contributed by atoms with E-state index in [1.54, 1.807) is 6.08 Å².